The third kappa shape index (κ3) is 4.90. The highest BCUT2D eigenvalue weighted by Crippen LogP contribution is 2.24. The van der Waals surface area contributed by atoms with Gasteiger partial charge in [0.1, 0.15) is 4.75 Å². The van der Waals surface area contributed by atoms with E-state index in [1.807, 2.05) is 45.0 Å². The van der Waals surface area contributed by atoms with E-state index in [-0.39, 0.29) is 17.4 Å². The summed E-state index contributed by atoms with van der Waals surface area (Å²) in [5, 5.41) is 9.13. The van der Waals surface area contributed by atoms with Crippen molar-refractivity contribution in [1.29, 1.82) is 0 Å². The molecule has 0 aliphatic rings. The molecule has 18 heavy (non-hydrogen) atoms. The zero-order valence-electron chi connectivity index (χ0n) is 10.9. The standard InChI is InChI=1S/C13H20BrNO2S/c1-13(2,3)18(17)15-12(7-8-16)10-5-4-6-11(14)9-10/h4-6,9,12,15-16H,7-8H2,1-3H3/t12-,18?/m0/s1. The van der Waals surface area contributed by atoms with Crippen LogP contribution in [0.4, 0.5) is 0 Å². The van der Waals surface area contributed by atoms with Crippen molar-refractivity contribution in [2.45, 2.75) is 38.0 Å². The molecule has 2 atom stereocenters. The molecule has 1 aromatic carbocycles. The molecule has 102 valence electrons. The highest BCUT2D eigenvalue weighted by atomic mass is 79.9. The number of hydrogen-bond acceptors (Lipinski definition) is 3. The van der Waals surface area contributed by atoms with Gasteiger partial charge >= 0.3 is 0 Å². The second kappa shape index (κ2) is 6.91. The molecule has 0 radical (unpaired) electrons. The molecule has 3 nitrogen and oxygen atoms in total. The first kappa shape index (κ1) is 16.0. The van der Waals surface area contributed by atoms with Gasteiger partial charge in [-0.3, -0.25) is 0 Å². The lowest BCUT2D eigenvalue weighted by Crippen LogP contribution is -2.41. The molecule has 0 aliphatic heterocycles. The molecule has 2 N–H and O–H groups in total. The van der Waals surface area contributed by atoms with Crippen molar-refractivity contribution in [2.24, 2.45) is 0 Å². The Balaban J connectivity index is 2.83. The van der Waals surface area contributed by atoms with Gasteiger partial charge in [0, 0.05) is 22.4 Å². The molecule has 0 saturated heterocycles. The first-order chi connectivity index (χ1) is 8.34. The molecule has 5 heteroatoms. The maximum atomic E-state index is 12.1. The van der Waals surface area contributed by atoms with Crippen LogP contribution < -0.4 is 4.72 Å². The van der Waals surface area contributed by atoms with Crippen LogP contribution in [0.15, 0.2) is 28.7 Å². The van der Waals surface area contributed by atoms with Crippen molar-refractivity contribution in [3.05, 3.63) is 34.3 Å². The predicted molar refractivity (Wildman–Crippen MR) is 79.6 cm³/mol. The molecular formula is C13H20BrNO2S. The average molecular weight is 334 g/mol. The Morgan fingerprint density at radius 1 is 1.44 bits per heavy atom. The Labute approximate surface area is 120 Å². The minimum Gasteiger partial charge on any atom is -0.598 e. The van der Waals surface area contributed by atoms with Gasteiger partial charge < -0.3 is 9.66 Å². The summed E-state index contributed by atoms with van der Waals surface area (Å²) in [5.74, 6) is 0. The van der Waals surface area contributed by atoms with E-state index >= 15 is 0 Å². The van der Waals surface area contributed by atoms with Crippen LogP contribution in [0.3, 0.4) is 0 Å². The summed E-state index contributed by atoms with van der Waals surface area (Å²) in [4.78, 5) is 0. The van der Waals surface area contributed by atoms with Gasteiger partial charge in [-0.25, -0.2) is 0 Å². The maximum absolute atomic E-state index is 12.1. The summed E-state index contributed by atoms with van der Waals surface area (Å²) < 4.78 is 15.9. The fourth-order valence-corrected chi connectivity index (χ4v) is 2.73. The number of aliphatic hydroxyl groups excluding tert-OH is 1. The third-order valence-electron chi connectivity index (χ3n) is 2.47. The summed E-state index contributed by atoms with van der Waals surface area (Å²) in [6, 6.07) is 7.73. The Morgan fingerprint density at radius 2 is 2.11 bits per heavy atom. The van der Waals surface area contributed by atoms with Crippen LogP contribution in [0.5, 0.6) is 0 Å². The monoisotopic (exact) mass is 333 g/mol. The highest BCUT2D eigenvalue weighted by molar-refractivity contribution is 9.10. The van der Waals surface area contributed by atoms with Crippen molar-refractivity contribution in [3.63, 3.8) is 0 Å². The molecular weight excluding hydrogens is 314 g/mol. The fourth-order valence-electron chi connectivity index (χ4n) is 1.45. The van der Waals surface area contributed by atoms with E-state index in [1.165, 1.54) is 0 Å². The van der Waals surface area contributed by atoms with Crippen molar-refractivity contribution in [1.82, 2.24) is 4.72 Å². The van der Waals surface area contributed by atoms with Crippen molar-refractivity contribution < 1.29 is 9.66 Å². The van der Waals surface area contributed by atoms with Gasteiger partial charge in [0.05, 0.1) is 6.04 Å². The summed E-state index contributed by atoms with van der Waals surface area (Å²) in [7, 11) is 0. The predicted octanol–water partition coefficient (Wildman–Crippen LogP) is 2.92. The highest BCUT2D eigenvalue weighted by Gasteiger charge is 2.29. The molecule has 0 aromatic heterocycles. The molecule has 0 bridgehead atoms. The number of halogens is 1. The molecule has 1 rings (SSSR count). The lowest BCUT2D eigenvalue weighted by molar-refractivity contribution is 0.272. The second-order valence-corrected chi connectivity index (χ2v) is 8.03. The first-order valence-electron chi connectivity index (χ1n) is 5.89. The van der Waals surface area contributed by atoms with Crippen molar-refractivity contribution in [2.75, 3.05) is 6.61 Å². The van der Waals surface area contributed by atoms with Gasteiger partial charge in [-0.2, -0.15) is 0 Å². The Morgan fingerprint density at radius 3 is 2.61 bits per heavy atom. The van der Waals surface area contributed by atoms with Gasteiger partial charge in [-0.05, 0) is 44.9 Å². The van der Waals surface area contributed by atoms with E-state index < -0.39 is 11.4 Å². The average Bonchev–Trinajstić information content (AvgIpc) is 2.27. The minimum absolute atomic E-state index is 0.0610. The van der Waals surface area contributed by atoms with E-state index in [9.17, 15) is 4.55 Å². The Bertz CT molecular complexity index is 381. The van der Waals surface area contributed by atoms with Gasteiger partial charge in [0.2, 0.25) is 0 Å². The summed E-state index contributed by atoms with van der Waals surface area (Å²) in [6.45, 7) is 5.83. The zero-order chi connectivity index (χ0) is 13.8. The largest absolute Gasteiger partial charge is 0.598 e. The van der Waals surface area contributed by atoms with Crippen LogP contribution in [0.25, 0.3) is 0 Å². The molecule has 0 spiro atoms. The van der Waals surface area contributed by atoms with Crippen LogP contribution in [0.2, 0.25) is 0 Å². The normalized spacial score (nSPS) is 15.4. The van der Waals surface area contributed by atoms with Crippen LogP contribution in [-0.2, 0) is 11.4 Å². The molecule has 1 unspecified atom stereocenters. The lowest BCUT2D eigenvalue weighted by Gasteiger charge is -2.28. The van der Waals surface area contributed by atoms with Crippen LogP contribution in [-0.4, -0.2) is 21.0 Å². The van der Waals surface area contributed by atoms with Crippen LogP contribution >= 0.6 is 15.9 Å². The maximum Gasteiger partial charge on any atom is 0.136 e. The van der Waals surface area contributed by atoms with E-state index in [0.29, 0.717) is 6.42 Å². The van der Waals surface area contributed by atoms with Crippen LogP contribution in [0.1, 0.15) is 38.8 Å². The van der Waals surface area contributed by atoms with Gasteiger partial charge in [-0.1, -0.05) is 28.1 Å². The molecule has 0 heterocycles. The number of rotatable bonds is 5. The Hall–Kier alpha value is -0.0700. The number of nitrogens with one attached hydrogen (secondary N) is 1. The van der Waals surface area contributed by atoms with E-state index in [1.54, 1.807) is 0 Å². The summed E-state index contributed by atoms with van der Waals surface area (Å²) in [5.41, 5.74) is 1.02. The second-order valence-electron chi connectivity index (χ2n) is 5.12. The first-order valence-corrected chi connectivity index (χ1v) is 7.83. The molecule has 0 amide bonds. The third-order valence-corrected chi connectivity index (χ3v) is 4.58. The number of aliphatic hydroxyl groups is 1. The summed E-state index contributed by atoms with van der Waals surface area (Å²) in [6.07, 6.45) is 0.540. The van der Waals surface area contributed by atoms with Gasteiger partial charge in [0.15, 0.2) is 0 Å². The molecule has 1 aromatic rings. The quantitative estimate of drug-likeness (QED) is 0.814. The van der Waals surface area contributed by atoms with Crippen molar-refractivity contribution in [3.8, 4) is 0 Å². The zero-order valence-corrected chi connectivity index (χ0v) is 13.3. The Kier molecular flexibility index (Phi) is 6.14. The topological polar surface area (TPSA) is 55.3 Å². The SMILES string of the molecule is CC(C)(C)[S+]([O-])N[C@@H](CCO)c1cccc(Br)c1. The fraction of sp³-hybridized carbons (Fsp3) is 0.538. The molecule has 0 saturated carbocycles. The van der Waals surface area contributed by atoms with E-state index in [2.05, 4.69) is 20.7 Å². The summed E-state index contributed by atoms with van der Waals surface area (Å²) >= 11 is 2.27. The molecule has 0 fully saturated rings. The van der Waals surface area contributed by atoms with Gasteiger partial charge in [-0.15, -0.1) is 4.72 Å². The van der Waals surface area contributed by atoms with Crippen molar-refractivity contribution >= 4 is 27.3 Å². The van der Waals surface area contributed by atoms with Crippen LogP contribution in [0, 0.1) is 0 Å². The minimum atomic E-state index is -1.15. The molecule has 0 aliphatic carbocycles. The van der Waals surface area contributed by atoms with E-state index in [4.69, 9.17) is 5.11 Å². The lowest BCUT2D eigenvalue weighted by atomic mass is 10.1. The number of benzene rings is 1. The smallest absolute Gasteiger partial charge is 0.136 e. The van der Waals surface area contributed by atoms with Gasteiger partial charge in [0.25, 0.3) is 0 Å². The number of hydrogen-bond donors (Lipinski definition) is 2. The van der Waals surface area contributed by atoms with E-state index in [0.717, 1.165) is 10.0 Å².